The number of benzene rings is 3. The fourth-order valence-electron chi connectivity index (χ4n) is 3.59. The van der Waals surface area contributed by atoms with Crippen LogP contribution < -0.4 is 5.32 Å². The second-order valence-electron chi connectivity index (χ2n) is 7.01. The predicted octanol–water partition coefficient (Wildman–Crippen LogP) is 5.72. The first-order valence-corrected chi connectivity index (χ1v) is 9.41. The van der Waals surface area contributed by atoms with Gasteiger partial charge in [-0.05, 0) is 24.6 Å². The number of Topliss-reactive ketones (excluding diaryl/α,β-unsaturated/α-hetero) is 1. The van der Waals surface area contributed by atoms with Crippen molar-refractivity contribution in [2.24, 2.45) is 0 Å². The molecule has 3 nitrogen and oxygen atoms in total. The van der Waals surface area contributed by atoms with Crippen molar-refractivity contribution >= 4 is 16.7 Å². The topological polar surface area (TPSA) is 44.9 Å². The van der Waals surface area contributed by atoms with E-state index in [1.165, 1.54) is 12.1 Å². The molecule has 4 rings (SSSR count). The zero-order valence-corrected chi connectivity index (χ0v) is 15.8. The number of H-pyrrole nitrogens is 1. The van der Waals surface area contributed by atoms with Crippen LogP contribution in [0.5, 0.6) is 0 Å². The molecule has 0 aliphatic rings. The summed E-state index contributed by atoms with van der Waals surface area (Å²) in [6, 6.07) is 19.2. The number of nitrogens with one attached hydrogen (secondary N) is 2. The molecule has 0 saturated heterocycles. The van der Waals surface area contributed by atoms with Crippen LogP contribution in [0.25, 0.3) is 10.9 Å². The molecule has 5 heteroatoms. The van der Waals surface area contributed by atoms with E-state index < -0.39 is 23.7 Å². The van der Waals surface area contributed by atoms with E-state index in [0.29, 0.717) is 11.1 Å². The van der Waals surface area contributed by atoms with Gasteiger partial charge in [0, 0.05) is 40.3 Å². The molecular formula is C24H20F2N2O. The molecule has 2 N–H and O–H groups in total. The number of hydrogen-bond donors (Lipinski definition) is 2. The number of aromatic nitrogens is 1. The van der Waals surface area contributed by atoms with Crippen LogP contribution in [0.2, 0.25) is 0 Å². The van der Waals surface area contributed by atoms with Crippen molar-refractivity contribution in [2.45, 2.75) is 19.0 Å². The van der Waals surface area contributed by atoms with Gasteiger partial charge in [0.15, 0.2) is 5.78 Å². The normalized spacial score (nSPS) is 13.3. The number of fused-ring (bicyclic) bond motifs is 1. The van der Waals surface area contributed by atoms with Crippen LogP contribution in [0.4, 0.5) is 8.78 Å². The second kappa shape index (κ2) is 7.97. The molecule has 29 heavy (non-hydrogen) atoms. The average Bonchev–Trinajstić information content (AvgIpc) is 3.16. The molecule has 0 bridgehead atoms. The predicted molar refractivity (Wildman–Crippen MR) is 110 cm³/mol. The Kier molecular flexibility index (Phi) is 5.23. The van der Waals surface area contributed by atoms with Gasteiger partial charge in [-0.2, -0.15) is 0 Å². The highest BCUT2D eigenvalue weighted by atomic mass is 19.1. The van der Waals surface area contributed by atoms with Crippen molar-refractivity contribution in [1.29, 1.82) is 0 Å². The van der Waals surface area contributed by atoms with E-state index in [2.05, 4.69) is 10.3 Å². The van der Waals surface area contributed by atoms with Gasteiger partial charge >= 0.3 is 0 Å². The SMILES string of the molecule is C[C@@H](N[C@@H](C(=O)c1c[nH]c2ccccc12)c1ccccc1)c1ccc(F)cc1F. The molecule has 0 aliphatic carbocycles. The molecular weight excluding hydrogens is 370 g/mol. The van der Waals surface area contributed by atoms with Gasteiger partial charge in [-0.3, -0.25) is 10.1 Å². The first-order chi connectivity index (χ1) is 14.0. The molecule has 0 radical (unpaired) electrons. The minimum atomic E-state index is -0.685. The number of carbonyl (C=O) groups is 1. The molecule has 0 unspecified atom stereocenters. The number of carbonyl (C=O) groups excluding carboxylic acids is 1. The van der Waals surface area contributed by atoms with E-state index >= 15 is 0 Å². The fraction of sp³-hybridized carbons (Fsp3) is 0.125. The molecule has 2 atom stereocenters. The van der Waals surface area contributed by atoms with E-state index in [-0.39, 0.29) is 5.78 Å². The van der Waals surface area contributed by atoms with Gasteiger partial charge in [-0.25, -0.2) is 8.78 Å². The Labute approximate surface area is 167 Å². The Bertz CT molecular complexity index is 1150. The maximum atomic E-state index is 14.3. The largest absolute Gasteiger partial charge is 0.360 e. The third-order valence-electron chi connectivity index (χ3n) is 5.10. The lowest BCUT2D eigenvalue weighted by atomic mass is 9.95. The molecule has 0 aliphatic heterocycles. The summed E-state index contributed by atoms with van der Waals surface area (Å²) in [7, 11) is 0. The van der Waals surface area contributed by atoms with Gasteiger partial charge in [-0.1, -0.05) is 54.6 Å². The maximum Gasteiger partial charge on any atom is 0.186 e. The van der Waals surface area contributed by atoms with Crippen molar-refractivity contribution in [1.82, 2.24) is 10.3 Å². The summed E-state index contributed by atoms with van der Waals surface area (Å²) in [4.78, 5) is 16.6. The van der Waals surface area contributed by atoms with Crippen molar-refractivity contribution < 1.29 is 13.6 Å². The van der Waals surface area contributed by atoms with Crippen molar-refractivity contribution in [3.05, 3.63) is 107 Å². The number of para-hydroxylation sites is 1. The number of halogens is 2. The lowest BCUT2D eigenvalue weighted by Gasteiger charge is -2.23. The van der Waals surface area contributed by atoms with E-state index in [0.717, 1.165) is 22.5 Å². The quantitative estimate of drug-likeness (QED) is 0.414. The van der Waals surface area contributed by atoms with Gasteiger partial charge in [0.2, 0.25) is 0 Å². The molecule has 0 spiro atoms. The van der Waals surface area contributed by atoms with Gasteiger partial charge in [0.1, 0.15) is 11.6 Å². The minimum absolute atomic E-state index is 0.122. The standard InChI is InChI=1S/C24H20F2N2O/c1-15(18-12-11-17(25)13-21(18)26)28-23(16-7-3-2-4-8-16)24(29)20-14-27-22-10-6-5-9-19(20)22/h2-15,23,27-28H,1H3/t15-,23-/m1/s1. The van der Waals surface area contributed by atoms with E-state index in [1.54, 1.807) is 13.1 Å². The molecule has 4 aromatic rings. The first kappa shape index (κ1) is 19.0. The minimum Gasteiger partial charge on any atom is -0.360 e. The van der Waals surface area contributed by atoms with E-state index in [1.807, 2.05) is 54.6 Å². The molecule has 146 valence electrons. The summed E-state index contributed by atoms with van der Waals surface area (Å²) in [6.45, 7) is 1.76. The van der Waals surface area contributed by atoms with Crippen molar-refractivity contribution in [3.8, 4) is 0 Å². The number of ketones is 1. The summed E-state index contributed by atoms with van der Waals surface area (Å²) >= 11 is 0. The van der Waals surface area contributed by atoms with E-state index in [9.17, 15) is 13.6 Å². The Morgan fingerprint density at radius 2 is 1.69 bits per heavy atom. The fourth-order valence-corrected chi connectivity index (χ4v) is 3.59. The van der Waals surface area contributed by atoms with Crippen molar-refractivity contribution in [2.75, 3.05) is 0 Å². The van der Waals surface area contributed by atoms with Crippen LogP contribution in [0.1, 0.15) is 40.5 Å². The zero-order valence-electron chi connectivity index (χ0n) is 15.8. The molecule has 1 aromatic heterocycles. The molecule has 0 amide bonds. The Morgan fingerprint density at radius 3 is 2.45 bits per heavy atom. The smallest absolute Gasteiger partial charge is 0.186 e. The highest BCUT2D eigenvalue weighted by Gasteiger charge is 2.26. The molecule has 3 aromatic carbocycles. The lowest BCUT2D eigenvalue weighted by Crippen LogP contribution is -2.31. The van der Waals surface area contributed by atoms with Crippen LogP contribution in [-0.2, 0) is 0 Å². The summed E-state index contributed by atoms with van der Waals surface area (Å²) in [5, 5.41) is 4.07. The summed E-state index contributed by atoms with van der Waals surface area (Å²) in [5.41, 5.74) is 2.52. The van der Waals surface area contributed by atoms with Crippen molar-refractivity contribution in [3.63, 3.8) is 0 Å². The summed E-state index contributed by atoms with van der Waals surface area (Å²) in [5.74, 6) is -1.40. The zero-order chi connectivity index (χ0) is 20.4. The van der Waals surface area contributed by atoms with Crippen LogP contribution in [0.3, 0.4) is 0 Å². The molecule has 0 fully saturated rings. The van der Waals surface area contributed by atoms with E-state index in [4.69, 9.17) is 0 Å². The Balaban J connectivity index is 1.71. The molecule has 0 saturated carbocycles. The maximum absolute atomic E-state index is 14.3. The van der Waals surface area contributed by atoms with Crippen LogP contribution in [0, 0.1) is 11.6 Å². The summed E-state index contributed by atoms with van der Waals surface area (Å²) in [6.07, 6.45) is 1.70. The molecule has 1 heterocycles. The average molecular weight is 390 g/mol. The lowest BCUT2D eigenvalue weighted by molar-refractivity contribution is 0.0938. The van der Waals surface area contributed by atoms with Crippen LogP contribution in [-0.4, -0.2) is 10.8 Å². The number of hydrogen-bond acceptors (Lipinski definition) is 2. The third kappa shape index (κ3) is 3.82. The van der Waals surface area contributed by atoms with Gasteiger partial charge < -0.3 is 4.98 Å². The Morgan fingerprint density at radius 1 is 0.966 bits per heavy atom. The van der Waals surface area contributed by atoms with Crippen LogP contribution >= 0.6 is 0 Å². The second-order valence-corrected chi connectivity index (χ2v) is 7.01. The number of aromatic amines is 1. The van der Waals surface area contributed by atoms with Gasteiger partial charge in [0.25, 0.3) is 0 Å². The van der Waals surface area contributed by atoms with Gasteiger partial charge in [0.05, 0.1) is 6.04 Å². The summed E-state index contributed by atoms with van der Waals surface area (Å²) < 4.78 is 27.5. The number of rotatable bonds is 6. The highest BCUT2D eigenvalue weighted by Crippen LogP contribution is 2.28. The van der Waals surface area contributed by atoms with Gasteiger partial charge in [-0.15, -0.1) is 0 Å². The van der Waals surface area contributed by atoms with Crippen LogP contribution in [0.15, 0.2) is 79.0 Å². The third-order valence-corrected chi connectivity index (χ3v) is 5.10. The monoisotopic (exact) mass is 390 g/mol. The highest BCUT2D eigenvalue weighted by molar-refractivity contribution is 6.10. The Hall–Kier alpha value is -3.31. The first-order valence-electron chi connectivity index (χ1n) is 9.41.